The summed E-state index contributed by atoms with van der Waals surface area (Å²) in [4.78, 5) is 56.7. The van der Waals surface area contributed by atoms with Crippen LogP contribution >= 0.6 is 0 Å². The van der Waals surface area contributed by atoms with E-state index < -0.39 is 42.4 Å². The van der Waals surface area contributed by atoms with Gasteiger partial charge in [-0.05, 0) is 31.2 Å². The lowest BCUT2D eigenvalue weighted by Gasteiger charge is -2.18. The topological polar surface area (TPSA) is 194 Å². The molecule has 190 valence electrons. The highest BCUT2D eigenvalue weighted by molar-refractivity contribution is 5.86. The maximum absolute atomic E-state index is 11.9. The van der Waals surface area contributed by atoms with Gasteiger partial charge in [-0.1, -0.05) is 44.2 Å². The SMILES string of the molecule is CC.O=C(O)CC[C@H](NC(=O)N[C@@H](CCCCNC(=O)NCc1ccccc1)C(=O)O)C(=O)O. The van der Waals surface area contributed by atoms with Crippen LogP contribution in [0.15, 0.2) is 30.3 Å². The number of hydrogen-bond donors (Lipinski definition) is 7. The van der Waals surface area contributed by atoms with Crippen LogP contribution in [-0.4, -0.2) is 63.9 Å². The fourth-order valence-corrected chi connectivity index (χ4v) is 2.66. The standard InChI is InChI=1S/C20H28N4O8.C2H6/c25-16(26)10-9-15(18(29)30)24-20(32)23-14(17(27)28)8-4-5-11-21-19(31)22-12-13-6-2-1-3-7-13;1-2/h1-3,6-7,14-15H,4-5,8-12H2,(H,25,26)(H,27,28)(H,29,30)(H2,21,22,31)(H2,23,24,32);1-2H3/t14-,15-;/m0./s1. The van der Waals surface area contributed by atoms with Crippen LogP contribution in [0.2, 0.25) is 0 Å². The molecule has 0 heterocycles. The zero-order valence-corrected chi connectivity index (χ0v) is 19.4. The van der Waals surface area contributed by atoms with Crippen LogP contribution in [0.25, 0.3) is 0 Å². The second kappa shape index (κ2) is 17.7. The molecule has 0 bridgehead atoms. The lowest BCUT2D eigenvalue weighted by molar-refractivity contribution is -0.140. The molecular weight excluding hydrogens is 448 g/mol. The first-order chi connectivity index (χ1) is 16.2. The van der Waals surface area contributed by atoms with E-state index in [1.54, 1.807) is 0 Å². The number of nitrogens with one attached hydrogen (secondary N) is 4. The van der Waals surface area contributed by atoms with Gasteiger partial charge in [0, 0.05) is 19.5 Å². The molecule has 34 heavy (non-hydrogen) atoms. The number of benzene rings is 1. The first-order valence-corrected chi connectivity index (χ1v) is 11.0. The Hall–Kier alpha value is -3.83. The molecule has 1 aromatic rings. The van der Waals surface area contributed by atoms with Gasteiger partial charge in [0.1, 0.15) is 12.1 Å². The number of carboxylic acid groups (broad SMARTS) is 3. The summed E-state index contributed by atoms with van der Waals surface area (Å²) in [5.41, 5.74) is 0.949. The molecule has 0 aliphatic carbocycles. The van der Waals surface area contributed by atoms with E-state index in [0.717, 1.165) is 5.56 Å². The molecule has 2 atom stereocenters. The van der Waals surface area contributed by atoms with E-state index in [4.69, 9.17) is 10.2 Å². The largest absolute Gasteiger partial charge is 0.481 e. The molecule has 12 heteroatoms. The van der Waals surface area contributed by atoms with E-state index in [-0.39, 0.29) is 18.9 Å². The molecule has 0 aromatic heterocycles. The van der Waals surface area contributed by atoms with Crippen LogP contribution in [-0.2, 0) is 20.9 Å². The molecule has 0 fully saturated rings. The number of amides is 4. The molecule has 0 aliphatic rings. The molecule has 7 N–H and O–H groups in total. The molecule has 0 radical (unpaired) electrons. The lowest BCUT2D eigenvalue weighted by Crippen LogP contribution is -2.51. The monoisotopic (exact) mass is 482 g/mol. The molecule has 0 saturated heterocycles. The summed E-state index contributed by atoms with van der Waals surface area (Å²) in [7, 11) is 0. The Balaban J connectivity index is 0.00000529. The Bertz CT molecular complexity index is 788. The van der Waals surface area contributed by atoms with Crippen molar-refractivity contribution in [3.8, 4) is 0 Å². The Morgan fingerprint density at radius 3 is 1.85 bits per heavy atom. The molecule has 1 aromatic carbocycles. The minimum absolute atomic E-state index is 0.0585. The van der Waals surface area contributed by atoms with Crippen molar-refractivity contribution in [2.75, 3.05) is 6.54 Å². The van der Waals surface area contributed by atoms with Crippen LogP contribution in [0.4, 0.5) is 9.59 Å². The predicted octanol–water partition coefficient (Wildman–Crippen LogP) is 1.75. The van der Waals surface area contributed by atoms with Gasteiger partial charge < -0.3 is 36.6 Å². The zero-order valence-electron chi connectivity index (χ0n) is 19.4. The Labute approximate surface area is 198 Å². The van der Waals surface area contributed by atoms with Crippen molar-refractivity contribution in [1.29, 1.82) is 0 Å². The molecule has 0 unspecified atom stereocenters. The van der Waals surface area contributed by atoms with Gasteiger partial charge in [0.05, 0.1) is 0 Å². The maximum atomic E-state index is 11.9. The number of unbranched alkanes of at least 4 members (excludes halogenated alkanes) is 1. The first kappa shape index (κ1) is 30.2. The number of carbonyl (C=O) groups excluding carboxylic acids is 2. The van der Waals surface area contributed by atoms with Gasteiger partial charge in [0.2, 0.25) is 0 Å². The third kappa shape index (κ3) is 14.3. The lowest BCUT2D eigenvalue weighted by atomic mass is 10.1. The summed E-state index contributed by atoms with van der Waals surface area (Å²) < 4.78 is 0. The van der Waals surface area contributed by atoms with Gasteiger partial charge in [-0.2, -0.15) is 0 Å². The number of rotatable bonds is 14. The van der Waals surface area contributed by atoms with Crippen molar-refractivity contribution in [2.45, 2.75) is 64.6 Å². The van der Waals surface area contributed by atoms with Gasteiger partial charge >= 0.3 is 30.0 Å². The van der Waals surface area contributed by atoms with Gasteiger partial charge in [-0.15, -0.1) is 0 Å². The van der Waals surface area contributed by atoms with E-state index in [0.29, 0.717) is 25.9 Å². The Kier molecular flexibility index (Phi) is 15.7. The normalized spacial score (nSPS) is 11.6. The quantitative estimate of drug-likeness (QED) is 0.195. The van der Waals surface area contributed by atoms with Crippen molar-refractivity contribution in [2.24, 2.45) is 0 Å². The third-order valence-corrected chi connectivity index (χ3v) is 4.35. The van der Waals surface area contributed by atoms with E-state index in [1.807, 2.05) is 44.2 Å². The minimum Gasteiger partial charge on any atom is -0.481 e. The van der Waals surface area contributed by atoms with Crippen LogP contribution in [0.5, 0.6) is 0 Å². The number of hydrogen-bond acceptors (Lipinski definition) is 5. The second-order valence-corrected chi connectivity index (χ2v) is 6.92. The summed E-state index contributed by atoms with van der Waals surface area (Å²) in [5, 5.41) is 36.5. The van der Waals surface area contributed by atoms with Crippen LogP contribution in [0, 0.1) is 0 Å². The zero-order chi connectivity index (χ0) is 25.9. The molecule has 0 spiro atoms. The summed E-state index contributed by atoms with van der Waals surface area (Å²) in [6.07, 6.45) is 0.0854. The highest BCUT2D eigenvalue weighted by atomic mass is 16.4. The molecular formula is C22H34N4O8. The van der Waals surface area contributed by atoms with Gasteiger partial charge in [-0.25, -0.2) is 19.2 Å². The van der Waals surface area contributed by atoms with Crippen LogP contribution in [0.3, 0.4) is 0 Å². The predicted molar refractivity (Wildman–Crippen MR) is 123 cm³/mol. The third-order valence-electron chi connectivity index (χ3n) is 4.35. The minimum atomic E-state index is -1.46. The second-order valence-electron chi connectivity index (χ2n) is 6.92. The molecule has 12 nitrogen and oxygen atoms in total. The van der Waals surface area contributed by atoms with E-state index in [1.165, 1.54) is 0 Å². The smallest absolute Gasteiger partial charge is 0.326 e. The first-order valence-electron chi connectivity index (χ1n) is 11.0. The highest BCUT2D eigenvalue weighted by Crippen LogP contribution is 2.03. The highest BCUT2D eigenvalue weighted by Gasteiger charge is 2.24. The van der Waals surface area contributed by atoms with Crippen LogP contribution < -0.4 is 21.3 Å². The van der Waals surface area contributed by atoms with Gasteiger partial charge in [-0.3, -0.25) is 4.79 Å². The molecule has 0 aliphatic heterocycles. The van der Waals surface area contributed by atoms with E-state index >= 15 is 0 Å². The van der Waals surface area contributed by atoms with E-state index in [2.05, 4.69) is 21.3 Å². The van der Waals surface area contributed by atoms with Crippen molar-refractivity contribution >= 4 is 30.0 Å². The molecule has 4 amide bonds. The van der Waals surface area contributed by atoms with Gasteiger partial charge in [0.25, 0.3) is 0 Å². The summed E-state index contributed by atoms with van der Waals surface area (Å²) in [6, 6.07) is 5.24. The van der Waals surface area contributed by atoms with E-state index in [9.17, 15) is 29.1 Å². The number of carbonyl (C=O) groups is 5. The average molecular weight is 483 g/mol. The maximum Gasteiger partial charge on any atom is 0.326 e. The van der Waals surface area contributed by atoms with Crippen LogP contribution in [0.1, 0.15) is 51.5 Å². The average Bonchev–Trinajstić information content (AvgIpc) is 2.81. The molecule has 1 rings (SSSR count). The fourth-order valence-electron chi connectivity index (χ4n) is 2.66. The van der Waals surface area contributed by atoms with Crippen molar-refractivity contribution in [3.63, 3.8) is 0 Å². The number of carboxylic acids is 3. The number of urea groups is 2. The number of aliphatic carboxylic acids is 3. The van der Waals surface area contributed by atoms with Crippen molar-refractivity contribution in [1.82, 2.24) is 21.3 Å². The summed E-state index contributed by atoms with van der Waals surface area (Å²) in [5.74, 6) is -3.94. The summed E-state index contributed by atoms with van der Waals surface area (Å²) >= 11 is 0. The van der Waals surface area contributed by atoms with Crippen molar-refractivity contribution in [3.05, 3.63) is 35.9 Å². The Morgan fingerprint density at radius 1 is 0.765 bits per heavy atom. The van der Waals surface area contributed by atoms with Crippen molar-refractivity contribution < 1.29 is 39.3 Å². The Morgan fingerprint density at radius 2 is 1.32 bits per heavy atom. The fraction of sp³-hybridized carbons (Fsp3) is 0.500. The van der Waals surface area contributed by atoms with Gasteiger partial charge in [0.15, 0.2) is 0 Å². The molecule has 0 saturated carbocycles. The summed E-state index contributed by atoms with van der Waals surface area (Å²) in [6.45, 7) is 4.67.